The van der Waals surface area contributed by atoms with Crippen molar-refractivity contribution in [2.45, 2.75) is 26.7 Å². The Morgan fingerprint density at radius 1 is 1.64 bits per heavy atom. The second-order valence-corrected chi connectivity index (χ2v) is 5.21. The van der Waals surface area contributed by atoms with E-state index in [2.05, 4.69) is 13.8 Å². The molecule has 0 radical (unpaired) electrons. The molecule has 11 heavy (non-hydrogen) atoms. The number of rotatable bonds is 5. The third-order valence-electron chi connectivity index (χ3n) is 2.81. The van der Waals surface area contributed by atoms with Crippen molar-refractivity contribution in [1.82, 2.24) is 0 Å². The van der Waals surface area contributed by atoms with Gasteiger partial charge in [0.2, 0.25) is 0 Å². The molecule has 1 saturated carbocycles. The van der Waals surface area contributed by atoms with E-state index in [9.17, 15) is 0 Å². The minimum absolute atomic E-state index is 0.545. The zero-order chi connectivity index (χ0) is 8.32. The van der Waals surface area contributed by atoms with Crippen LogP contribution in [0.1, 0.15) is 26.7 Å². The molecule has 0 spiro atoms. The highest BCUT2D eigenvalue weighted by atomic mass is 35.5. The molecule has 0 bridgehead atoms. The lowest BCUT2D eigenvalue weighted by Gasteiger charge is -2.11. The Morgan fingerprint density at radius 3 is 2.64 bits per heavy atom. The first kappa shape index (κ1) is 9.73. The van der Waals surface area contributed by atoms with Crippen molar-refractivity contribution < 1.29 is 0 Å². The molecule has 1 aliphatic rings. The standard InChI is InChI=1S/C9H17ClS/c1-3-11-5-4-9(7-10)6-8(9)2/h8H,3-7H2,1-2H3. The van der Waals surface area contributed by atoms with Crippen molar-refractivity contribution in [3.05, 3.63) is 0 Å². The van der Waals surface area contributed by atoms with Crippen LogP contribution in [0, 0.1) is 11.3 Å². The van der Waals surface area contributed by atoms with Gasteiger partial charge in [0.25, 0.3) is 0 Å². The molecule has 1 fully saturated rings. The first-order valence-electron chi connectivity index (χ1n) is 4.39. The molecule has 0 saturated heterocycles. The second kappa shape index (κ2) is 4.04. The maximum absolute atomic E-state index is 5.92. The van der Waals surface area contributed by atoms with Gasteiger partial charge in [-0.1, -0.05) is 13.8 Å². The summed E-state index contributed by atoms with van der Waals surface area (Å²) in [5.41, 5.74) is 0.545. The second-order valence-electron chi connectivity index (χ2n) is 3.55. The van der Waals surface area contributed by atoms with Gasteiger partial charge in [0.1, 0.15) is 0 Å². The quantitative estimate of drug-likeness (QED) is 0.476. The average Bonchev–Trinajstić information content (AvgIpc) is 2.64. The highest BCUT2D eigenvalue weighted by Crippen LogP contribution is 2.55. The van der Waals surface area contributed by atoms with Gasteiger partial charge in [0, 0.05) is 5.88 Å². The van der Waals surface area contributed by atoms with Gasteiger partial charge < -0.3 is 0 Å². The van der Waals surface area contributed by atoms with Crippen molar-refractivity contribution in [3.8, 4) is 0 Å². The van der Waals surface area contributed by atoms with E-state index in [1.54, 1.807) is 0 Å². The Balaban J connectivity index is 2.14. The molecular weight excluding hydrogens is 176 g/mol. The van der Waals surface area contributed by atoms with Gasteiger partial charge in [-0.05, 0) is 35.7 Å². The lowest BCUT2D eigenvalue weighted by Crippen LogP contribution is -2.06. The molecule has 2 atom stereocenters. The van der Waals surface area contributed by atoms with Crippen molar-refractivity contribution in [2.75, 3.05) is 17.4 Å². The van der Waals surface area contributed by atoms with Crippen LogP contribution in [0.2, 0.25) is 0 Å². The minimum atomic E-state index is 0.545. The zero-order valence-corrected chi connectivity index (χ0v) is 8.97. The van der Waals surface area contributed by atoms with E-state index < -0.39 is 0 Å². The van der Waals surface area contributed by atoms with Crippen LogP contribution in [0.3, 0.4) is 0 Å². The predicted molar refractivity (Wildman–Crippen MR) is 54.6 cm³/mol. The average molecular weight is 193 g/mol. The fourth-order valence-corrected chi connectivity index (χ4v) is 2.92. The number of thioether (sulfide) groups is 1. The molecule has 1 aliphatic carbocycles. The Hall–Kier alpha value is 0.640. The monoisotopic (exact) mass is 192 g/mol. The van der Waals surface area contributed by atoms with Gasteiger partial charge >= 0.3 is 0 Å². The molecule has 0 aliphatic heterocycles. The molecule has 0 aromatic heterocycles. The summed E-state index contributed by atoms with van der Waals surface area (Å²) >= 11 is 7.95. The third-order valence-corrected chi connectivity index (χ3v) is 4.25. The van der Waals surface area contributed by atoms with Gasteiger partial charge in [-0.2, -0.15) is 11.8 Å². The highest BCUT2D eigenvalue weighted by molar-refractivity contribution is 7.99. The highest BCUT2D eigenvalue weighted by Gasteiger charge is 2.49. The van der Waals surface area contributed by atoms with Gasteiger partial charge in [0.05, 0.1) is 0 Å². The number of halogens is 1. The number of alkyl halides is 1. The topological polar surface area (TPSA) is 0 Å². The van der Waals surface area contributed by atoms with Gasteiger partial charge in [-0.3, -0.25) is 0 Å². The van der Waals surface area contributed by atoms with Crippen LogP contribution in [0.25, 0.3) is 0 Å². The lowest BCUT2D eigenvalue weighted by atomic mass is 10.0. The molecular formula is C9H17ClS. The maximum atomic E-state index is 5.92. The van der Waals surface area contributed by atoms with Crippen LogP contribution in [0.4, 0.5) is 0 Å². The van der Waals surface area contributed by atoms with Crippen molar-refractivity contribution in [2.24, 2.45) is 11.3 Å². The van der Waals surface area contributed by atoms with Crippen molar-refractivity contribution in [1.29, 1.82) is 0 Å². The molecule has 66 valence electrons. The Labute approximate surface area is 79.1 Å². The summed E-state index contributed by atoms with van der Waals surface area (Å²) in [6.07, 6.45) is 2.69. The fraction of sp³-hybridized carbons (Fsp3) is 1.00. The normalized spacial score (nSPS) is 35.7. The summed E-state index contributed by atoms with van der Waals surface area (Å²) < 4.78 is 0. The molecule has 0 aromatic rings. The summed E-state index contributed by atoms with van der Waals surface area (Å²) in [5.74, 6) is 4.30. The molecule has 2 unspecified atom stereocenters. The van der Waals surface area contributed by atoms with Crippen LogP contribution in [0.15, 0.2) is 0 Å². The van der Waals surface area contributed by atoms with E-state index >= 15 is 0 Å². The van der Waals surface area contributed by atoms with E-state index in [-0.39, 0.29) is 0 Å². The summed E-state index contributed by atoms with van der Waals surface area (Å²) in [6.45, 7) is 4.54. The van der Waals surface area contributed by atoms with Crippen molar-refractivity contribution in [3.63, 3.8) is 0 Å². The lowest BCUT2D eigenvalue weighted by molar-refractivity contribution is 0.513. The number of hydrogen-bond acceptors (Lipinski definition) is 1. The molecule has 0 heterocycles. The third kappa shape index (κ3) is 2.29. The van der Waals surface area contributed by atoms with Crippen LogP contribution in [-0.4, -0.2) is 17.4 Å². The summed E-state index contributed by atoms with van der Waals surface area (Å²) in [5, 5.41) is 0. The van der Waals surface area contributed by atoms with E-state index in [1.165, 1.54) is 24.3 Å². The molecule has 0 amide bonds. The minimum Gasteiger partial charge on any atom is -0.162 e. The molecule has 0 nitrogen and oxygen atoms in total. The Morgan fingerprint density at radius 2 is 2.27 bits per heavy atom. The van der Waals surface area contributed by atoms with Crippen LogP contribution in [-0.2, 0) is 0 Å². The van der Waals surface area contributed by atoms with Crippen LogP contribution >= 0.6 is 23.4 Å². The first-order valence-corrected chi connectivity index (χ1v) is 6.08. The summed E-state index contributed by atoms with van der Waals surface area (Å²) in [7, 11) is 0. The van der Waals surface area contributed by atoms with E-state index in [0.29, 0.717) is 5.41 Å². The molecule has 2 heteroatoms. The van der Waals surface area contributed by atoms with E-state index in [0.717, 1.165) is 11.8 Å². The molecule has 0 aromatic carbocycles. The van der Waals surface area contributed by atoms with E-state index in [4.69, 9.17) is 11.6 Å². The number of hydrogen-bond donors (Lipinski definition) is 0. The van der Waals surface area contributed by atoms with Gasteiger partial charge in [-0.15, -0.1) is 11.6 Å². The van der Waals surface area contributed by atoms with Crippen molar-refractivity contribution >= 4 is 23.4 Å². The summed E-state index contributed by atoms with van der Waals surface area (Å²) in [4.78, 5) is 0. The Bertz CT molecular complexity index is 123. The molecule has 0 N–H and O–H groups in total. The maximum Gasteiger partial charge on any atom is 0.0282 e. The van der Waals surface area contributed by atoms with Gasteiger partial charge in [0.15, 0.2) is 0 Å². The Kier molecular flexibility index (Phi) is 3.57. The fourth-order valence-electron chi connectivity index (χ4n) is 1.57. The smallest absolute Gasteiger partial charge is 0.0282 e. The van der Waals surface area contributed by atoms with Gasteiger partial charge in [-0.25, -0.2) is 0 Å². The van der Waals surface area contributed by atoms with Crippen LogP contribution < -0.4 is 0 Å². The first-order chi connectivity index (χ1) is 5.25. The zero-order valence-electron chi connectivity index (χ0n) is 7.40. The van der Waals surface area contributed by atoms with Crippen LogP contribution in [0.5, 0.6) is 0 Å². The largest absolute Gasteiger partial charge is 0.162 e. The predicted octanol–water partition coefficient (Wildman–Crippen LogP) is 3.39. The summed E-state index contributed by atoms with van der Waals surface area (Å²) in [6, 6.07) is 0. The van der Waals surface area contributed by atoms with E-state index in [1.807, 2.05) is 11.8 Å². The SMILES string of the molecule is CCSCCC1(CCl)CC1C. The molecule has 1 rings (SSSR count).